The van der Waals surface area contributed by atoms with Gasteiger partial charge in [-0.15, -0.1) is 0 Å². The highest BCUT2D eigenvalue weighted by molar-refractivity contribution is 5.83. The molecule has 0 heterocycles. The standard InChI is InChI=1S/C24H24/c1-16(2)18-10-12-20-21-13-11-19(17-8-6-5-7-9-17)15-23(21)24(3,4)22(20)14-18/h5-16H,1-4H3/i5D,6D,7D,8D,9D. The molecule has 0 aliphatic heterocycles. The highest BCUT2D eigenvalue weighted by Gasteiger charge is 2.35. The smallest absolute Gasteiger partial charge is 0.0622 e. The van der Waals surface area contributed by atoms with Crippen molar-refractivity contribution in [3.63, 3.8) is 0 Å². The second kappa shape index (κ2) is 5.34. The Kier molecular flexibility index (Phi) is 2.34. The van der Waals surface area contributed by atoms with Crippen molar-refractivity contribution in [3.8, 4) is 22.3 Å². The van der Waals surface area contributed by atoms with Crippen LogP contribution in [0.4, 0.5) is 0 Å². The molecule has 0 bridgehead atoms. The lowest BCUT2D eigenvalue weighted by molar-refractivity contribution is 0.658. The number of rotatable bonds is 2. The summed E-state index contributed by atoms with van der Waals surface area (Å²) in [6.45, 7) is 8.75. The molecule has 1 aliphatic rings. The normalized spacial score (nSPS) is 17.5. The molecule has 0 amide bonds. The lowest BCUT2D eigenvalue weighted by Crippen LogP contribution is -2.15. The summed E-state index contributed by atoms with van der Waals surface area (Å²) in [6, 6.07) is 11.2. The molecule has 0 saturated heterocycles. The number of hydrogen-bond donors (Lipinski definition) is 0. The summed E-state index contributed by atoms with van der Waals surface area (Å²) in [5.74, 6) is 0.446. The van der Waals surface area contributed by atoms with Gasteiger partial charge in [-0.2, -0.15) is 0 Å². The monoisotopic (exact) mass is 317 g/mol. The molecule has 0 aromatic heterocycles. The first-order valence-corrected chi connectivity index (χ1v) is 8.42. The van der Waals surface area contributed by atoms with E-state index in [0.29, 0.717) is 11.5 Å². The topological polar surface area (TPSA) is 0 Å². The number of fused-ring (bicyclic) bond motifs is 3. The number of benzene rings is 3. The zero-order valence-corrected chi connectivity index (χ0v) is 14.5. The van der Waals surface area contributed by atoms with Gasteiger partial charge in [0.25, 0.3) is 0 Å². The highest BCUT2D eigenvalue weighted by Crippen LogP contribution is 2.50. The first-order valence-electron chi connectivity index (χ1n) is 10.9. The predicted octanol–water partition coefficient (Wildman–Crippen LogP) is 6.78. The Balaban J connectivity index is 1.94. The summed E-state index contributed by atoms with van der Waals surface area (Å²) in [4.78, 5) is 0. The van der Waals surface area contributed by atoms with E-state index >= 15 is 0 Å². The average molecular weight is 317 g/mol. The summed E-state index contributed by atoms with van der Waals surface area (Å²) >= 11 is 0. The summed E-state index contributed by atoms with van der Waals surface area (Å²) in [6.07, 6.45) is 0. The molecule has 0 nitrogen and oxygen atoms in total. The van der Waals surface area contributed by atoms with Crippen LogP contribution in [-0.4, -0.2) is 0 Å². The van der Waals surface area contributed by atoms with E-state index in [1.54, 1.807) is 0 Å². The number of hydrogen-bond acceptors (Lipinski definition) is 0. The van der Waals surface area contributed by atoms with E-state index in [0.717, 1.165) is 11.1 Å². The van der Waals surface area contributed by atoms with E-state index in [1.807, 2.05) is 18.2 Å². The zero-order valence-electron chi connectivity index (χ0n) is 19.5. The lowest BCUT2D eigenvalue weighted by atomic mass is 9.80. The van der Waals surface area contributed by atoms with Gasteiger partial charge in [0.2, 0.25) is 0 Å². The van der Waals surface area contributed by atoms with Crippen molar-refractivity contribution in [2.75, 3.05) is 0 Å². The molecule has 1 aliphatic carbocycles. The second-order valence-electron chi connectivity index (χ2n) is 7.35. The van der Waals surface area contributed by atoms with Crippen LogP contribution in [0.25, 0.3) is 22.3 Å². The fourth-order valence-corrected chi connectivity index (χ4v) is 3.66. The van der Waals surface area contributed by atoms with E-state index in [9.17, 15) is 0 Å². The van der Waals surface area contributed by atoms with Gasteiger partial charge in [-0.1, -0.05) is 88.2 Å². The van der Waals surface area contributed by atoms with Crippen LogP contribution in [-0.2, 0) is 5.41 Å². The summed E-state index contributed by atoms with van der Waals surface area (Å²) in [7, 11) is 0. The van der Waals surface area contributed by atoms with Crippen molar-refractivity contribution in [1.29, 1.82) is 0 Å². The molecule has 3 aromatic carbocycles. The fourth-order valence-electron chi connectivity index (χ4n) is 3.66. The third kappa shape index (κ3) is 2.21. The molecule has 0 saturated carbocycles. The molecular weight excluding hydrogens is 288 g/mol. The van der Waals surface area contributed by atoms with Crippen LogP contribution in [0.1, 0.15) is 57.2 Å². The second-order valence-corrected chi connectivity index (χ2v) is 7.35. The third-order valence-corrected chi connectivity index (χ3v) is 5.16. The molecule has 0 heteroatoms. The molecule has 0 radical (unpaired) electrons. The SMILES string of the molecule is [2H]c1c([2H])c([2H])c(-c2ccc3c(c2)C(C)(C)c2cc(C(C)C)ccc2-3)c([2H])c1[2H]. The molecule has 4 rings (SSSR count). The van der Waals surface area contributed by atoms with Crippen molar-refractivity contribution in [2.24, 2.45) is 0 Å². The molecule has 24 heavy (non-hydrogen) atoms. The Hall–Kier alpha value is -2.34. The van der Waals surface area contributed by atoms with Crippen LogP contribution in [0.15, 0.2) is 66.6 Å². The molecule has 3 aromatic rings. The van der Waals surface area contributed by atoms with Crippen molar-refractivity contribution in [2.45, 2.75) is 39.0 Å². The molecule has 0 atom stereocenters. The summed E-state index contributed by atoms with van der Waals surface area (Å²) < 4.78 is 40.4. The van der Waals surface area contributed by atoms with E-state index < -0.39 is 0 Å². The van der Waals surface area contributed by atoms with Crippen LogP contribution in [0.5, 0.6) is 0 Å². The van der Waals surface area contributed by atoms with Crippen LogP contribution in [0.3, 0.4) is 0 Å². The summed E-state index contributed by atoms with van der Waals surface area (Å²) in [5.41, 5.74) is 6.75. The summed E-state index contributed by atoms with van der Waals surface area (Å²) in [5, 5.41) is 0. The average Bonchev–Trinajstić information content (AvgIpc) is 2.92. The minimum absolute atomic E-state index is 0.161. The molecular formula is C24H24. The van der Waals surface area contributed by atoms with Gasteiger partial charge in [-0.3, -0.25) is 0 Å². The largest absolute Gasteiger partial charge is 0.0629 e. The van der Waals surface area contributed by atoms with Crippen molar-refractivity contribution < 1.29 is 6.85 Å². The quantitative estimate of drug-likeness (QED) is 0.488. The first kappa shape index (κ1) is 10.5. The van der Waals surface area contributed by atoms with Gasteiger partial charge in [0.05, 0.1) is 6.85 Å². The Morgan fingerprint density at radius 1 is 0.792 bits per heavy atom. The predicted molar refractivity (Wildman–Crippen MR) is 104 cm³/mol. The van der Waals surface area contributed by atoms with Gasteiger partial charge in [-0.25, -0.2) is 0 Å². The van der Waals surface area contributed by atoms with Crippen LogP contribution < -0.4 is 0 Å². The zero-order chi connectivity index (χ0) is 21.2. The van der Waals surface area contributed by atoms with Gasteiger partial charge < -0.3 is 0 Å². The Labute approximate surface area is 152 Å². The van der Waals surface area contributed by atoms with E-state index in [-0.39, 0.29) is 41.2 Å². The maximum Gasteiger partial charge on any atom is 0.0629 e. The van der Waals surface area contributed by atoms with Crippen LogP contribution >= 0.6 is 0 Å². The van der Waals surface area contributed by atoms with Gasteiger partial charge >= 0.3 is 0 Å². The molecule has 0 unspecified atom stereocenters. The molecule has 120 valence electrons. The van der Waals surface area contributed by atoms with Gasteiger partial charge in [0.15, 0.2) is 0 Å². The van der Waals surface area contributed by atoms with Gasteiger partial charge in [0, 0.05) is 5.41 Å². The van der Waals surface area contributed by atoms with Crippen LogP contribution in [0, 0.1) is 0 Å². The third-order valence-electron chi connectivity index (χ3n) is 5.16. The molecule has 0 N–H and O–H groups in total. The maximum absolute atomic E-state index is 8.30. The van der Waals surface area contributed by atoms with Gasteiger partial charge in [0.1, 0.15) is 0 Å². The maximum atomic E-state index is 8.30. The van der Waals surface area contributed by atoms with Crippen molar-refractivity contribution in [1.82, 2.24) is 0 Å². The van der Waals surface area contributed by atoms with E-state index in [2.05, 4.69) is 45.9 Å². The molecule has 0 fully saturated rings. The minimum atomic E-state index is -0.362. The first-order chi connectivity index (χ1) is 13.6. The minimum Gasteiger partial charge on any atom is -0.0622 e. The van der Waals surface area contributed by atoms with Gasteiger partial charge in [-0.05, 0) is 50.9 Å². The highest BCUT2D eigenvalue weighted by atomic mass is 14.4. The molecule has 0 spiro atoms. The Morgan fingerprint density at radius 3 is 2.08 bits per heavy atom. The fraction of sp³-hybridized carbons (Fsp3) is 0.250. The van der Waals surface area contributed by atoms with Crippen molar-refractivity contribution >= 4 is 0 Å². The Morgan fingerprint density at radius 2 is 1.42 bits per heavy atom. The Bertz CT molecular complexity index is 1130. The van der Waals surface area contributed by atoms with E-state index in [1.165, 1.54) is 16.7 Å². The van der Waals surface area contributed by atoms with Crippen molar-refractivity contribution in [3.05, 3.63) is 83.3 Å². The lowest BCUT2D eigenvalue weighted by Gasteiger charge is -2.23. The van der Waals surface area contributed by atoms with E-state index in [4.69, 9.17) is 6.85 Å². The van der Waals surface area contributed by atoms with Crippen LogP contribution in [0.2, 0.25) is 0 Å².